The topological polar surface area (TPSA) is 92.4 Å². The van der Waals surface area contributed by atoms with Crippen LogP contribution in [-0.2, 0) is 9.59 Å². The Morgan fingerprint density at radius 1 is 1.31 bits per heavy atom. The van der Waals surface area contributed by atoms with Crippen molar-refractivity contribution in [2.45, 2.75) is 50.1 Å². The van der Waals surface area contributed by atoms with Gasteiger partial charge in [0.25, 0.3) is 0 Å². The molecule has 0 spiro atoms. The minimum absolute atomic E-state index is 0.00498. The van der Waals surface area contributed by atoms with E-state index < -0.39 is 11.5 Å². The van der Waals surface area contributed by atoms with E-state index >= 15 is 0 Å². The van der Waals surface area contributed by atoms with E-state index in [1.807, 2.05) is 0 Å². The number of aliphatic carboxylic acids is 1. The van der Waals surface area contributed by atoms with Gasteiger partial charge in [0.05, 0.1) is 11.5 Å². The van der Waals surface area contributed by atoms with Gasteiger partial charge in [-0.1, -0.05) is 0 Å². The Morgan fingerprint density at radius 2 is 2.00 bits per heavy atom. The van der Waals surface area contributed by atoms with Crippen LogP contribution in [0.15, 0.2) is 0 Å². The zero-order chi connectivity index (χ0) is 11.8. The smallest absolute Gasteiger partial charge is 0.306 e. The predicted molar refractivity (Wildman–Crippen MR) is 57.7 cm³/mol. The highest BCUT2D eigenvalue weighted by Gasteiger charge is 2.41. The molecule has 2 rings (SSSR count). The summed E-state index contributed by atoms with van der Waals surface area (Å²) >= 11 is 0. The summed E-state index contributed by atoms with van der Waals surface area (Å²) in [5.74, 6) is -1.17. The van der Waals surface area contributed by atoms with Crippen molar-refractivity contribution >= 4 is 11.9 Å². The molecule has 4 N–H and O–H groups in total. The summed E-state index contributed by atoms with van der Waals surface area (Å²) < 4.78 is 0. The summed E-state index contributed by atoms with van der Waals surface area (Å²) in [4.78, 5) is 22.6. The van der Waals surface area contributed by atoms with E-state index in [1.165, 1.54) is 0 Å². The standard InChI is InChI=1S/C11H18N2O3/c12-11(4-1-5-11)10(16)13-8-3-2-7(6-8)9(14)15/h7-8H,1-6,12H2,(H,13,16)(H,14,15)/t7-,8+/m1/s1. The number of carboxylic acids is 1. The third kappa shape index (κ3) is 2.04. The zero-order valence-electron chi connectivity index (χ0n) is 9.24. The molecule has 16 heavy (non-hydrogen) atoms. The molecule has 2 aliphatic carbocycles. The number of nitrogens with two attached hydrogens (primary N) is 1. The van der Waals surface area contributed by atoms with Crippen LogP contribution in [0, 0.1) is 5.92 Å². The molecule has 0 aliphatic heterocycles. The first-order valence-electron chi connectivity index (χ1n) is 5.84. The van der Waals surface area contributed by atoms with E-state index in [9.17, 15) is 9.59 Å². The van der Waals surface area contributed by atoms with Gasteiger partial charge < -0.3 is 16.2 Å². The van der Waals surface area contributed by atoms with Gasteiger partial charge in [0.2, 0.25) is 5.91 Å². The van der Waals surface area contributed by atoms with Gasteiger partial charge in [0, 0.05) is 6.04 Å². The van der Waals surface area contributed by atoms with Gasteiger partial charge >= 0.3 is 5.97 Å². The van der Waals surface area contributed by atoms with Crippen molar-refractivity contribution < 1.29 is 14.7 Å². The zero-order valence-corrected chi connectivity index (χ0v) is 9.24. The number of nitrogens with one attached hydrogen (secondary N) is 1. The van der Waals surface area contributed by atoms with E-state index in [1.54, 1.807) is 0 Å². The number of hydrogen-bond acceptors (Lipinski definition) is 3. The van der Waals surface area contributed by atoms with Crippen LogP contribution in [0.3, 0.4) is 0 Å². The van der Waals surface area contributed by atoms with Crippen molar-refractivity contribution in [2.24, 2.45) is 11.7 Å². The molecule has 90 valence electrons. The Labute approximate surface area is 94.4 Å². The van der Waals surface area contributed by atoms with Crippen molar-refractivity contribution in [3.63, 3.8) is 0 Å². The van der Waals surface area contributed by atoms with Gasteiger partial charge in [0.1, 0.15) is 0 Å². The van der Waals surface area contributed by atoms with E-state index in [-0.39, 0.29) is 17.9 Å². The van der Waals surface area contributed by atoms with Crippen LogP contribution in [0.25, 0.3) is 0 Å². The number of hydrogen-bond donors (Lipinski definition) is 3. The highest BCUT2D eigenvalue weighted by molar-refractivity contribution is 5.87. The summed E-state index contributed by atoms with van der Waals surface area (Å²) in [6.45, 7) is 0. The minimum atomic E-state index is -0.761. The lowest BCUT2D eigenvalue weighted by Gasteiger charge is -2.37. The van der Waals surface area contributed by atoms with E-state index in [4.69, 9.17) is 10.8 Å². The van der Waals surface area contributed by atoms with E-state index in [0.717, 1.165) is 25.7 Å². The molecule has 5 nitrogen and oxygen atoms in total. The Hall–Kier alpha value is -1.10. The lowest BCUT2D eigenvalue weighted by atomic mass is 9.77. The first kappa shape index (κ1) is 11.4. The fraction of sp³-hybridized carbons (Fsp3) is 0.818. The van der Waals surface area contributed by atoms with E-state index in [0.29, 0.717) is 12.8 Å². The first-order chi connectivity index (χ1) is 7.51. The van der Waals surface area contributed by atoms with Gasteiger partial charge in [0.15, 0.2) is 0 Å². The van der Waals surface area contributed by atoms with Crippen LogP contribution in [0.1, 0.15) is 38.5 Å². The highest BCUT2D eigenvalue weighted by Crippen LogP contribution is 2.31. The number of rotatable bonds is 3. The molecule has 0 saturated heterocycles. The molecular formula is C11H18N2O3. The maximum atomic E-state index is 11.8. The van der Waals surface area contributed by atoms with Crippen molar-refractivity contribution in [2.75, 3.05) is 0 Å². The Morgan fingerprint density at radius 3 is 2.44 bits per heavy atom. The lowest BCUT2D eigenvalue weighted by molar-refractivity contribution is -0.141. The van der Waals surface area contributed by atoms with Crippen molar-refractivity contribution in [3.8, 4) is 0 Å². The number of carbonyl (C=O) groups excluding carboxylic acids is 1. The van der Waals surface area contributed by atoms with Crippen molar-refractivity contribution in [1.82, 2.24) is 5.32 Å². The highest BCUT2D eigenvalue weighted by atomic mass is 16.4. The summed E-state index contributed by atoms with van der Waals surface area (Å²) in [6, 6.07) is -0.00498. The molecule has 0 unspecified atom stereocenters. The lowest BCUT2D eigenvalue weighted by Crippen LogP contribution is -2.59. The van der Waals surface area contributed by atoms with Crippen LogP contribution in [-0.4, -0.2) is 28.6 Å². The van der Waals surface area contributed by atoms with Crippen molar-refractivity contribution in [1.29, 1.82) is 0 Å². The molecule has 0 aromatic heterocycles. The van der Waals surface area contributed by atoms with Crippen molar-refractivity contribution in [3.05, 3.63) is 0 Å². The van der Waals surface area contributed by atoms with Crippen LogP contribution >= 0.6 is 0 Å². The summed E-state index contributed by atoms with van der Waals surface area (Å²) in [5, 5.41) is 11.7. The summed E-state index contributed by atoms with van der Waals surface area (Å²) in [5.41, 5.74) is 5.21. The molecule has 2 saturated carbocycles. The number of carboxylic acid groups (broad SMARTS) is 1. The van der Waals surface area contributed by atoms with Crippen LogP contribution < -0.4 is 11.1 Å². The van der Waals surface area contributed by atoms with Crippen LogP contribution in [0.5, 0.6) is 0 Å². The second-order valence-corrected chi connectivity index (χ2v) is 5.03. The third-order valence-electron chi connectivity index (χ3n) is 3.82. The SMILES string of the molecule is NC1(C(=O)N[C@H]2CC[C@@H](C(=O)O)C2)CCC1. The second kappa shape index (κ2) is 4.05. The van der Waals surface area contributed by atoms with Gasteiger partial charge in [-0.25, -0.2) is 0 Å². The average molecular weight is 226 g/mol. The molecule has 0 heterocycles. The Bertz CT molecular complexity index is 312. The molecule has 5 heteroatoms. The monoisotopic (exact) mass is 226 g/mol. The first-order valence-corrected chi connectivity index (χ1v) is 5.84. The van der Waals surface area contributed by atoms with Crippen LogP contribution in [0.4, 0.5) is 0 Å². The quantitative estimate of drug-likeness (QED) is 0.642. The number of carbonyl (C=O) groups is 2. The molecule has 2 aliphatic rings. The minimum Gasteiger partial charge on any atom is -0.481 e. The molecule has 0 bridgehead atoms. The maximum Gasteiger partial charge on any atom is 0.306 e. The maximum absolute atomic E-state index is 11.8. The summed E-state index contributed by atoms with van der Waals surface area (Å²) in [7, 11) is 0. The molecule has 0 aromatic rings. The molecule has 1 amide bonds. The van der Waals surface area contributed by atoms with Crippen LogP contribution in [0.2, 0.25) is 0 Å². The largest absolute Gasteiger partial charge is 0.481 e. The molecule has 0 radical (unpaired) electrons. The second-order valence-electron chi connectivity index (χ2n) is 5.03. The van der Waals surface area contributed by atoms with Gasteiger partial charge in [-0.2, -0.15) is 0 Å². The number of amides is 1. The fourth-order valence-corrected chi connectivity index (χ4v) is 2.45. The Balaban J connectivity index is 1.83. The summed E-state index contributed by atoms with van der Waals surface area (Å²) in [6.07, 6.45) is 4.43. The third-order valence-corrected chi connectivity index (χ3v) is 3.82. The average Bonchev–Trinajstić information content (AvgIpc) is 2.62. The molecule has 2 atom stereocenters. The van der Waals surface area contributed by atoms with E-state index in [2.05, 4.69) is 5.32 Å². The normalized spacial score (nSPS) is 31.8. The van der Waals surface area contributed by atoms with Gasteiger partial charge in [-0.15, -0.1) is 0 Å². The fourth-order valence-electron chi connectivity index (χ4n) is 2.45. The molecule has 2 fully saturated rings. The van der Waals surface area contributed by atoms with Gasteiger partial charge in [-0.05, 0) is 38.5 Å². The van der Waals surface area contributed by atoms with Gasteiger partial charge in [-0.3, -0.25) is 9.59 Å². The molecular weight excluding hydrogens is 208 g/mol. The Kier molecular flexibility index (Phi) is 2.88. The predicted octanol–water partition coefficient (Wildman–Crippen LogP) is 0.237. The molecule has 0 aromatic carbocycles.